The van der Waals surface area contributed by atoms with Crippen LogP contribution in [-0.2, 0) is 0 Å². The number of hydrogen-bond donors (Lipinski definition) is 1. The predicted molar refractivity (Wildman–Crippen MR) is 62.7 cm³/mol. The smallest absolute Gasteiger partial charge is 0.0669 e. The molecule has 2 heteroatoms. The van der Waals surface area contributed by atoms with Crippen molar-refractivity contribution in [3.8, 4) is 0 Å². The molecule has 2 rings (SSSR count). The monoisotopic (exact) mass is 214 g/mol. The van der Waals surface area contributed by atoms with Gasteiger partial charge in [-0.05, 0) is 44.4 Å². The molecule has 2 saturated heterocycles. The fourth-order valence-electron chi connectivity index (χ4n) is 2.77. The van der Waals surface area contributed by atoms with Gasteiger partial charge in [-0.25, -0.2) is 0 Å². The second-order valence-corrected chi connectivity index (χ2v) is 7.13. The molecule has 2 heterocycles. The van der Waals surface area contributed by atoms with Crippen LogP contribution in [0.4, 0.5) is 0 Å². The van der Waals surface area contributed by atoms with E-state index in [0.717, 1.165) is 35.7 Å². The largest absolute Gasteiger partial charge is 0.390 e. The maximum absolute atomic E-state index is 10.5. The fraction of sp³-hybridized carbons (Fsp3) is 1.00. The summed E-state index contributed by atoms with van der Waals surface area (Å²) < 4.78 is 0. The molecule has 2 unspecified atom stereocenters. The standard InChI is InChI=1S/C12H22OS/c1-9(2)5-6-12(13)7-10-3-4-11(8-12)14-10/h9-11,13H,3-8H2,1-2H3. The highest BCUT2D eigenvalue weighted by molar-refractivity contribution is 8.00. The van der Waals surface area contributed by atoms with Gasteiger partial charge in [0.05, 0.1) is 5.60 Å². The third-order valence-corrected chi connectivity index (χ3v) is 5.17. The molecule has 2 aliphatic rings. The molecular formula is C12H22OS. The summed E-state index contributed by atoms with van der Waals surface area (Å²) in [6, 6.07) is 0. The summed E-state index contributed by atoms with van der Waals surface area (Å²) in [4.78, 5) is 0. The van der Waals surface area contributed by atoms with Gasteiger partial charge in [0.25, 0.3) is 0 Å². The zero-order chi connectivity index (χ0) is 10.2. The van der Waals surface area contributed by atoms with Crippen LogP contribution in [-0.4, -0.2) is 21.2 Å². The van der Waals surface area contributed by atoms with Crippen LogP contribution in [0.1, 0.15) is 52.4 Å². The van der Waals surface area contributed by atoms with Gasteiger partial charge in [-0.3, -0.25) is 0 Å². The third kappa shape index (κ3) is 2.46. The zero-order valence-electron chi connectivity index (χ0n) is 9.33. The van der Waals surface area contributed by atoms with Crippen molar-refractivity contribution in [2.75, 3.05) is 0 Å². The summed E-state index contributed by atoms with van der Waals surface area (Å²) in [6.07, 6.45) is 7.01. The summed E-state index contributed by atoms with van der Waals surface area (Å²) in [5.74, 6) is 0.728. The molecule has 0 aromatic rings. The number of hydrogen-bond acceptors (Lipinski definition) is 2. The van der Waals surface area contributed by atoms with Gasteiger partial charge in [-0.15, -0.1) is 0 Å². The van der Waals surface area contributed by atoms with Gasteiger partial charge in [0.2, 0.25) is 0 Å². The van der Waals surface area contributed by atoms with Crippen LogP contribution < -0.4 is 0 Å². The van der Waals surface area contributed by atoms with Crippen LogP contribution in [0.5, 0.6) is 0 Å². The van der Waals surface area contributed by atoms with E-state index in [1.807, 2.05) is 0 Å². The Morgan fingerprint density at radius 1 is 1.29 bits per heavy atom. The SMILES string of the molecule is CC(C)CCC1(O)CC2CCC(C1)S2. The van der Waals surface area contributed by atoms with Gasteiger partial charge < -0.3 is 5.11 Å². The third-order valence-electron chi connectivity index (χ3n) is 3.60. The summed E-state index contributed by atoms with van der Waals surface area (Å²) in [6.45, 7) is 4.49. The van der Waals surface area contributed by atoms with Crippen LogP contribution >= 0.6 is 11.8 Å². The van der Waals surface area contributed by atoms with E-state index < -0.39 is 0 Å². The second kappa shape index (κ2) is 4.05. The van der Waals surface area contributed by atoms with E-state index in [1.165, 1.54) is 19.3 Å². The molecule has 0 aliphatic carbocycles. The van der Waals surface area contributed by atoms with Crippen LogP contribution in [0, 0.1) is 5.92 Å². The average Bonchev–Trinajstić information content (AvgIpc) is 2.43. The topological polar surface area (TPSA) is 20.2 Å². The summed E-state index contributed by atoms with van der Waals surface area (Å²) in [5, 5.41) is 12.0. The fourth-order valence-corrected chi connectivity index (χ4v) is 4.67. The molecular weight excluding hydrogens is 192 g/mol. The molecule has 0 spiro atoms. The Bertz CT molecular complexity index is 190. The van der Waals surface area contributed by atoms with Crippen LogP contribution in [0.3, 0.4) is 0 Å². The lowest BCUT2D eigenvalue weighted by atomic mass is 9.86. The minimum Gasteiger partial charge on any atom is -0.390 e. The summed E-state index contributed by atoms with van der Waals surface area (Å²) in [7, 11) is 0. The maximum atomic E-state index is 10.5. The molecule has 2 aliphatic heterocycles. The highest BCUT2D eigenvalue weighted by Gasteiger charge is 2.42. The second-order valence-electron chi connectivity index (χ2n) is 5.52. The first-order valence-electron chi connectivity index (χ1n) is 5.95. The number of fused-ring (bicyclic) bond motifs is 2. The Balaban J connectivity index is 1.89. The molecule has 2 fully saturated rings. The summed E-state index contributed by atoms with van der Waals surface area (Å²) in [5.41, 5.74) is -0.304. The normalized spacial score (nSPS) is 42.0. The van der Waals surface area contributed by atoms with Gasteiger partial charge in [0, 0.05) is 10.5 Å². The Hall–Kier alpha value is 0.310. The number of rotatable bonds is 3. The van der Waals surface area contributed by atoms with Crippen molar-refractivity contribution in [2.24, 2.45) is 5.92 Å². The van der Waals surface area contributed by atoms with E-state index >= 15 is 0 Å². The van der Waals surface area contributed by atoms with Crippen molar-refractivity contribution in [1.29, 1.82) is 0 Å². The van der Waals surface area contributed by atoms with Crippen molar-refractivity contribution >= 4 is 11.8 Å². The predicted octanol–water partition coefficient (Wildman–Crippen LogP) is 3.21. The molecule has 0 amide bonds. The first kappa shape index (κ1) is 10.8. The van der Waals surface area contributed by atoms with Crippen molar-refractivity contribution in [1.82, 2.24) is 0 Å². The van der Waals surface area contributed by atoms with Crippen molar-refractivity contribution in [2.45, 2.75) is 68.5 Å². The van der Waals surface area contributed by atoms with Crippen molar-refractivity contribution < 1.29 is 5.11 Å². The van der Waals surface area contributed by atoms with Gasteiger partial charge in [-0.2, -0.15) is 11.8 Å². The molecule has 1 nitrogen and oxygen atoms in total. The van der Waals surface area contributed by atoms with E-state index in [0.29, 0.717) is 0 Å². The lowest BCUT2D eigenvalue weighted by Gasteiger charge is -2.36. The van der Waals surface area contributed by atoms with Gasteiger partial charge in [-0.1, -0.05) is 13.8 Å². The van der Waals surface area contributed by atoms with Crippen molar-refractivity contribution in [3.05, 3.63) is 0 Å². The first-order chi connectivity index (χ1) is 6.57. The van der Waals surface area contributed by atoms with E-state index in [9.17, 15) is 5.11 Å². The quantitative estimate of drug-likeness (QED) is 0.778. The Morgan fingerprint density at radius 3 is 2.36 bits per heavy atom. The first-order valence-corrected chi connectivity index (χ1v) is 6.89. The molecule has 0 radical (unpaired) electrons. The zero-order valence-corrected chi connectivity index (χ0v) is 10.1. The highest BCUT2D eigenvalue weighted by atomic mass is 32.2. The highest BCUT2D eigenvalue weighted by Crippen LogP contribution is 2.49. The molecule has 2 atom stereocenters. The molecule has 0 aromatic carbocycles. The number of thioether (sulfide) groups is 1. The van der Waals surface area contributed by atoms with Crippen LogP contribution in [0.25, 0.3) is 0 Å². The Kier molecular flexibility index (Phi) is 3.13. The van der Waals surface area contributed by atoms with Crippen molar-refractivity contribution in [3.63, 3.8) is 0 Å². The van der Waals surface area contributed by atoms with Crippen LogP contribution in [0.2, 0.25) is 0 Å². The van der Waals surface area contributed by atoms with E-state index in [-0.39, 0.29) is 5.60 Å². The molecule has 1 N–H and O–H groups in total. The molecule has 82 valence electrons. The lowest BCUT2D eigenvalue weighted by Crippen LogP contribution is -2.37. The lowest BCUT2D eigenvalue weighted by molar-refractivity contribution is 0.0107. The minimum absolute atomic E-state index is 0.304. The Labute approximate surface area is 91.7 Å². The van der Waals surface area contributed by atoms with E-state index in [4.69, 9.17) is 0 Å². The minimum atomic E-state index is -0.304. The molecule has 0 aromatic heterocycles. The molecule has 0 saturated carbocycles. The van der Waals surface area contributed by atoms with Gasteiger partial charge in [0.15, 0.2) is 0 Å². The van der Waals surface area contributed by atoms with E-state index in [2.05, 4.69) is 25.6 Å². The Morgan fingerprint density at radius 2 is 1.86 bits per heavy atom. The molecule has 14 heavy (non-hydrogen) atoms. The van der Waals surface area contributed by atoms with Crippen LogP contribution in [0.15, 0.2) is 0 Å². The molecule has 2 bridgehead atoms. The van der Waals surface area contributed by atoms with E-state index in [1.54, 1.807) is 0 Å². The van der Waals surface area contributed by atoms with Gasteiger partial charge >= 0.3 is 0 Å². The number of aliphatic hydroxyl groups is 1. The maximum Gasteiger partial charge on any atom is 0.0669 e. The van der Waals surface area contributed by atoms with Gasteiger partial charge in [0.1, 0.15) is 0 Å². The summed E-state index contributed by atoms with van der Waals surface area (Å²) >= 11 is 2.13. The average molecular weight is 214 g/mol.